The van der Waals surface area contributed by atoms with Gasteiger partial charge in [-0.15, -0.1) is 0 Å². The fraction of sp³-hybridized carbons (Fsp3) is 1.00. The van der Waals surface area contributed by atoms with Crippen molar-refractivity contribution in [3.63, 3.8) is 0 Å². The van der Waals surface area contributed by atoms with Crippen LogP contribution in [0.5, 0.6) is 0 Å². The summed E-state index contributed by atoms with van der Waals surface area (Å²) in [6, 6.07) is 1.37. The van der Waals surface area contributed by atoms with E-state index in [4.69, 9.17) is 0 Å². The maximum atomic E-state index is 2.58. The van der Waals surface area contributed by atoms with Crippen LogP contribution in [-0.2, 0) is 0 Å². The predicted octanol–water partition coefficient (Wildman–Crippen LogP) is 2.20. The Kier molecular flexibility index (Phi) is 4.90. The van der Waals surface area contributed by atoms with Gasteiger partial charge in [-0.1, -0.05) is 0 Å². The van der Waals surface area contributed by atoms with Crippen LogP contribution in [0.4, 0.5) is 0 Å². The SMILES string of the molecule is CC(C)N(CCCN1CCC1)C(C)C. The highest BCUT2D eigenvalue weighted by Crippen LogP contribution is 2.09. The first kappa shape index (κ1) is 12.0. The van der Waals surface area contributed by atoms with Crippen LogP contribution in [0, 0.1) is 0 Å². The summed E-state index contributed by atoms with van der Waals surface area (Å²) < 4.78 is 0. The van der Waals surface area contributed by atoms with E-state index >= 15 is 0 Å². The van der Waals surface area contributed by atoms with Crippen molar-refractivity contribution in [1.82, 2.24) is 9.80 Å². The van der Waals surface area contributed by atoms with E-state index in [0.29, 0.717) is 12.1 Å². The summed E-state index contributed by atoms with van der Waals surface area (Å²) in [5.41, 5.74) is 0. The first-order valence-electron chi connectivity index (χ1n) is 6.09. The van der Waals surface area contributed by atoms with Crippen LogP contribution in [-0.4, -0.2) is 48.1 Å². The molecule has 0 radical (unpaired) electrons. The molecule has 0 aliphatic carbocycles. The van der Waals surface area contributed by atoms with E-state index in [9.17, 15) is 0 Å². The fourth-order valence-corrected chi connectivity index (χ4v) is 2.19. The molecule has 0 atom stereocenters. The average molecular weight is 198 g/mol. The lowest BCUT2D eigenvalue weighted by Gasteiger charge is -2.34. The van der Waals surface area contributed by atoms with Gasteiger partial charge in [0.1, 0.15) is 0 Å². The lowest BCUT2D eigenvalue weighted by Crippen LogP contribution is -2.41. The highest BCUT2D eigenvalue weighted by molar-refractivity contribution is 4.71. The second kappa shape index (κ2) is 5.72. The molecule has 0 aromatic heterocycles. The van der Waals surface area contributed by atoms with Gasteiger partial charge in [0, 0.05) is 12.1 Å². The van der Waals surface area contributed by atoms with Crippen LogP contribution in [0.25, 0.3) is 0 Å². The minimum atomic E-state index is 0.686. The van der Waals surface area contributed by atoms with Crippen LogP contribution < -0.4 is 0 Å². The van der Waals surface area contributed by atoms with E-state index in [1.165, 1.54) is 39.0 Å². The van der Waals surface area contributed by atoms with Crippen LogP contribution >= 0.6 is 0 Å². The molecule has 0 spiro atoms. The molecule has 1 saturated heterocycles. The maximum absolute atomic E-state index is 2.58. The molecule has 84 valence electrons. The Morgan fingerprint density at radius 1 is 1.07 bits per heavy atom. The molecule has 1 fully saturated rings. The van der Waals surface area contributed by atoms with Gasteiger partial charge in [0.05, 0.1) is 0 Å². The molecule has 0 bridgehead atoms. The molecule has 1 rings (SSSR count). The molecule has 0 amide bonds. The summed E-state index contributed by atoms with van der Waals surface area (Å²) in [6.45, 7) is 14.4. The zero-order valence-electron chi connectivity index (χ0n) is 10.3. The standard InChI is InChI=1S/C12H26N2/c1-11(2)14(12(3)4)10-6-9-13-7-5-8-13/h11-12H,5-10H2,1-4H3. The topological polar surface area (TPSA) is 6.48 Å². The Morgan fingerprint density at radius 2 is 1.64 bits per heavy atom. The summed E-state index contributed by atoms with van der Waals surface area (Å²) in [5, 5.41) is 0. The van der Waals surface area contributed by atoms with Gasteiger partial charge in [0.25, 0.3) is 0 Å². The van der Waals surface area contributed by atoms with Crippen molar-refractivity contribution >= 4 is 0 Å². The van der Waals surface area contributed by atoms with Gasteiger partial charge in [0.2, 0.25) is 0 Å². The van der Waals surface area contributed by atoms with Crippen LogP contribution in [0.3, 0.4) is 0 Å². The minimum Gasteiger partial charge on any atom is -0.303 e. The summed E-state index contributed by atoms with van der Waals surface area (Å²) in [6.07, 6.45) is 2.74. The van der Waals surface area contributed by atoms with E-state index in [2.05, 4.69) is 37.5 Å². The first-order chi connectivity index (χ1) is 6.61. The van der Waals surface area contributed by atoms with Gasteiger partial charge in [-0.25, -0.2) is 0 Å². The van der Waals surface area contributed by atoms with Crippen molar-refractivity contribution < 1.29 is 0 Å². The molecule has 0 unspecified atom stereocenters. The molecule has 0 aromatic rings. The highest BCUT2D eigenvalue weighted by Gasteiger charge is 2.15. The number of nitrogens with zero attached hydrogens (tertiary/aromatic N) is 2. The number of rotatable bonds is 6. The second-order valence-corrected chi connectivity index (χ2v) is 4.97. The summed E-state index contributed by atoms with van der Waals surface area (Å²) >= 11 is 0. The predicted molar refractivity (Wildman–Crippen MR) is 62.7 cm³/mol. The van der Waals surface area contributed by atoms with E-state index in [0.717, 1.165) is 0 Å². The number of likely N-dealkylation sites (tertiary alicyclic amines) is 1. The van der Waals surface area contributed by atoms with Crippen LogP contribution in [0.1, 0.15) is 40.5 Å². The highest BCUT2D eigenvalue weighted by atomic mass is 15.2. The third-order valence-electron chi connectivity index (χ3n) is 3.17. The average Bonchev–Trinajstić information content (AvgIpc) is 1.99. The maximum Gasteiger partial charge on any atom is 0.00413 e. The molecule has 1 aliphatic heterocycles. The molecule has 0 saturated carbocycles. The number of hydrogen-bond donors (Lipinski definition) is 0. The molecule has 2 nitrogen and oxygen atoms in total. The molecule has 1 aliphatic rings. The minimum absolute atomic E-state index is 0.686. The van der Waals surface area contributed by atoms with Crippen molar-refractivity contribution in [3.8, 4) is 0 Å². The Labute approximate surface area is 89.3 Å². The number of hydrogen-bond acceptors (Lipinski definition) is 2. The van der Waals surface area contributed by atoms with Gasteiger partial charge < -0.3 is 4.90 Å². The Hall–Kier alpha value is -0.0800. The van der Waals surface area contributed by atoms with Gasteiger partial charge in [-0.05, 0) is 66.7 Å². The zero-order chi connectivity index (χ0) is 10.6. The lowest BCUT2D eigenvalue weighted by atomic mass is 10.2. The van der Waals surface area contributed by atoms with Gasteiger partial charge in [-0.3, -0.25) is 4.90 Å². The van der Waals surface area contributed by atoms with Gasteiger partial charge in [-0.2, -0.15) is 0 Å². The first-order valence-corrected chi connectivity index (χ1v) is 6.09. The Balaban J connectivity index is 2.12. The summed E-state index contributed by atoms with van der Waals surface area (Å²) in [7, 11) is 0. The summed E-state index contributed by atoms with van der Waals surface area (Å²) in [5.74, 6) is 0. The second-order valence-electron chi connectivity index (χ2n) is 4.97. The van der Waals surface area contributed by atoms with Crippen molar-refractivity contribution in [3.05, 3.63) is 0 Å². The third-order valence-corrected chi connectivity index (χ3v) is 3.17. The smallest absolute Gasteiger partial charge is 0.00413 e. The summed E-state index contributed by atoms with van der Waals surface area (Å²) in [4.78, 5) is 5.14. The lowest BCUT2D eigenvalue weighted by molar-refractivity contribution is 0.138. The Morgan fingerprint density at radius 3 is 2.00 bits per heavy atom. The molecule has 2 heteroatoms. The van der Waals surface area contributed by atoms with Crippen molar-refractivity contribution in [1.29, 1.82) is 0 Å². The van der Waals surface area contributed by atoms with Crippen LogP contribution in [0.2, 0.25) is 0 Å². The van der Waals surface area contributed by atoms with E-state index in [1.54, 1.807) is 0 Å². The quantitative estimate of drug-likeness (QED) is 0.645. The van der Waals surface area contributed by atoms with Gasteiger partial charge >= 0.3 is 0 Å². The zero-order valence-corrected chi connectivity index (χ0v) is 10.3. The van der Waals surface area contributed by atoms with Crippen molar-refractivity contribution in [2.75, 3.05) is 26.2 Å². The molecule has 0 aromatic carbocycles. The monoisotopic (exact) mass is 198 g/mol. The van der Waals surface area contributed by atoms with Crippen LogP contribution in [0.15, 0.2) is 0 Å². The molecule has 1 heterocycles. The van der Waals surface area contributed by atoms with E-state index < -0.39 is 0 Å². The van der Waals surface area contributed by atoms with Gasteiger partial charge in [0.15, 0.2) is 0 Å². The molecule has 14 heavy (non-hydrogen) atoms. The van der Waals surface area contributed by atoms with E-state index in [-0.39, 0.29) is 0 Å². The van der Waals surface area contributed by atoms with Crippen molar-refractivity contribution in [2.45, 2.75) is 52.6 Å². The normalized spacial score (nSPS) is 18.2. The largest absolute Gasteiger partial charge is 0.303 e. The molecular formula is C12H26N2. The van der Waals surface area contributed by atoms with E-state index in [1.807, 2.05) is 0 Å². The molecular weight excluding hydrogens is 172 g/mol. The fourth-order valence-electron chi connectivity index (χ4n) is 2.19. The molecule has 0 N–H and O–H groups in total. The van der Waals surface area contributed by atoms with Crippen molar-refractivity contribution in [2.24, 2.45) is 0 Å². The Bertz CT molecular complexity index is 142. The third kappa shape index (κ3) is 3.58.